The fourth-order valence-electron chi connectivity index (χ4n) is 3.08. The quantitative estimate of drug-likeness (QED) is 0.885. The van der Waals surface area contributed by atoms with Crippen LogP contribution in [0.2, 0.25) is 0 Å². The van der Waals surface area contributed by atoms with Gasteiger partial charge in [0.1, 0.15) is 0 Å². The predicted molar refractivity (Wildman–Crippen MR) is 99.8 cm³/mol. The van der Waals surface area contributed by atoms with Gasteiger partial charge in [0.2, 0.25) is 0 Å². The molecule has 0 amide bonds. The Morgan fingerprint density at radius 2 is 1.42 bits per heavy atom. The van der Waals surface area contributed by atoms with Crippen LogP contribution < -0.4 is 0 Å². The maximum Gasteiger partial charge on any atom is 0.0916 e. The van der Waals surface area contributed by atoms with E-state index in [-0.39, 0.29) is 0 Å². The Morgan fingerprint density at radius 1 is 0.833 bits per heavy atom. The van der Waals surface area contributed by atoms with Gasteiger partial charge in [-0.3, -0.25) is 9.80 Å². The molecule has 24 heavy (non-hydrogen) atoms. The number of piperazine rings is 1. The highest BCUT2D eigenvalue weighted by atomic mass is 16.3. The molecular formula is C21H26N2O. The van der Waals surface area contributed by atoms with Gasteiger partial charge in [-0.15, -0.1) is 0 Å². The molecule has 1 heterocycles. The van der Waals surface area contributed by atoms with Gasteiger partial charge >= 0.3 is 0 Å². The molecular weight excluding hydrogens is 296 g/mol. The van der Waals surface area contributed by atoms with Crippen LogP contribution in [0, 0.1) is 0 Å². The van der Waals surface area contributed by atoms with Crippen molar-refractivity contribution >= 4 is 6.08 Å². The van der Waals surface area contributed by atoms with Gasteiger partial charge in [-0.2, -0.15) is 0 Å². The van der Waals surface area contributed by atoms with Crippen LogP contribution in [0.25, 0.3) is 6.08 Å². The SMILES string of the molecule is OC(CN1CCN(CC=Cc2ccccc2)CC1)c1ccccc1. The Hall–Kier alpha value is -1.94. The van der Waals surface area contributed by atoms with E-state index in [1.807, 2.05) is 36.4 Å². The Bertz CT molecular complexity index is 619. The minimum atomic E-state index is -0.393. The molecule has 1 atom stereocenters. The van der Waals surface area contributed by atoms with Gasteiger partial charge in [0.15, 0.2) is 0 Å². The van der Waals surface area contributed by atoms with Crippen LogP contribution in [0.15, 0.2) is 66.7 Å². The molecule has 1 unspecified atom stereocenters. The lowest BCUT2D eigenvalue weighted by molar-refractivity contribution is 0.0764. The topological polar surface area (TPSA) is 26.7 Å². The van der Waals surface area contributed by atoms with Gasteiger partial charge < -0.3 is 5.11 Å². The molecule has 2 aromatic carbocycles. The monoisotopic (exact) mass is 322 g/mol. The third kappa shape index (κ3) is 5.03. The van der Waals surface area contributed by atoms with Gasteiger partial charge in [-0.05, 0) is 11.1 Å². The predicted octanol–water partition coefficient (Wildman–Crippen LogP) is 3.05. The third-order valence-electron chi connectivity index (χ3n) is 4.55. The van der Waals surface area contributed by atoms with E-state index in [9.17, 15) is 5.11 Å². The summed E-state index contributed by atoms with van der Waals surface area (Å²) in [6.07, 6.45) is 4.03. The second-order valence-electron chi connectivity index (χ2n) is 6.34. The largest absolute Gasteiger partial charge is 0.387 e. The molecule has 0 aliphatic carbocycles. The normalized spacial score (nSPS) is 18.0. The number of hydrogen-bond acceptors (Lipinski definition) is 3. The molecule has 1 aliphatic rings. The van der Waals surface area contributed by atoms with E-state index in [0.29, 0.717) is 0 Å². The van der Waals surface area contributed by atoms with E-state index in [4.69, 9.17) is 0 Å². The van der Waals surface area contributed by atoms with Crippen molar-refractivity contribution in [3.05, 3.63) is 77.9 Å². The summed E-state index contributed by atoms with van der Waals surface area (Å²) in [6, 6.07) is 20.4. The number of benzene rings is 2. The van der Waals surface area contributed by atoms with Crippen molar-refractivity contribution in [1.29, 1.82) is 0 Å². The fraction of sp³-hybridized carbons (Fsp3) is 0.333. The van der Waals surface area contributed by atoms with E-state index in [2.05, 4.69) is 46.2 Å². The zero-order chi connectivity index (χ0) is 16.6. The number of rotatable bonds is 6. The van der Waals surface area contributed by atoms with Crippen LogP contribution in [0.3, 0.4) is 0 Å². The van der Waals surface area contributed by atoms with E-state index >= 15 is 0 Å². The molecule has 3 nitrogen and oxygen atoms in total. The van der Waals surface area contributed by atoms with Crippen molar-refractivity contribution in [2.45, 2.75) is 6.10 Å². The van der Waals surface area contributed by atoms with E-state index in [1.54, 1.807) is 0 Å². The molecule has 0 radical (unpaired) electrons. The number of nitrogens with zero attached hydrogens (tertiary/aromatic N) is 2. The molecule has 0 aromatic heterocycles. The fourth-order valence-corrected chi connectivity index (χ4v) is 3.08. The van der Waals surface area contributed by atoms with Crippen molar-refractivity contribution in [1.82, 2.24) is 9.80 Å². The summed E-state index contributed by atoms with van der Waals surface area (Å²) < 4.78 is 0. The Morgan fingerprint density at radius 3 is 2.08 bits per heavy atom. The molecule has 0 saturated carbocycles. The molecule has 1 saturated heterocycles. The van der Waals surface area contributed by atoms with Crippen molar-refractivity contribution < 1.29 is 5.11 Å². The van der Waals surface area contributed by atoms with Crippen molar-refractivity contribution in [3.8, 4) is 0 Å². The van der Waals surface area contributed by atoms with E-state index in [0.717, 1.165) is 44.8 Å². The van der Waals surface area contributed by atoms with Crippen LogP contribution in [-0.4, -0.2) is 54.2 Å². The first-order chi connectivity index (χ1) is 11.8. The summed E-state index contributed by atoms with van der Waals surface area (Å²) >= 11 is 0. The Balaban J connectivity index is 1.40. The summed E-state index contributed by atoms with van der Waals surface area (Å²) in [7, 11) is 0. The maximum absolute atomic E-state index is 10.3. The highest BCUT2D eigenvalue weighted by molar-refractivity contribution is 5.48. The second kappa shape index (κ2) is 8.78. The minimum absolute atomic E-state index is 0.393. The van der Waals surface area contributed by atoms with Crippen LogP contribution in [0.5, 0.6) is 0 Å². The highest BCUT2D eigenvalue weighted by Gasteiger charge is 2.19. The maximum atomic E-state index is 10.3. The van der Waals surface area contributed by atoms with E-state index in [1.165, 1.54) is 5.56 Å². The van der Waals surface area contributed by atoms with Crippen molar-refractivity contribution in [2.75, 3.05) is 39.3 Å². The lowest BCUT2D eigenvalue weighted by Gasteiger charge is -2.35. The first-order valence-electron chi connectivity index (χ1n) is 8.70. The summed E-state index contributed by atoms with van der Waals surface area (Å²) in [6.45, 7) is 5.86. The van der Waals surface area contributed by atoms with Crippen LogP contribution >= 0.6 is 0 Å². The first kappa shape index (κ1) is 16.9. The summed E-state index contributed by atoms with van der Waals surface area (Å²) in [5, 5.41) is 10.3. The van der Waals surface area contributed by atoms with Gasteiger partial charge in [0.05, 0.1) is 6.10 Å². The molecule has 1 fully saturated rings. The van der Waals surface area contributed by atoms with Gasteiger partial charge in [0.25, 0.3) is 0 Å². The van der Waals surface area contributed by atoms with Crippen LogP contribution in [0.4, 0.5) is 0 Å². The number of aliphatic hydroxyl groups is 1. The second-order valence-corrected chi connectivity index (χ2v) is 6.34. The molecule has 1 N–H and O–H groups in total. The zero-order valence-corrected chi connectivity index (χ0v) is 14.1. The lowest BCUT2D eigenvalue weighted by atomic mass is 10.1. The molecule has 3 heteroatoms. The number of β-amino-alcohol motifs (C(OH)–C–C–N with tert-alkyl or cyclic N) is 1. The summed E-state index contributed by atoms with van der Waals surface area (Å²) in [5.41, 5.74) is 2.26. The lowest BCUT2D eigenvalue weighted by Crippen LogP contribution is -2.47. The molecule has 1 aliphatic heterocycles. The van der Waals surface area contributed by atoms with Crippen LogP contribution in [-0.2, 0) is 0 Å². The molecule has 3 rings (SSSR count). The van der Waals surface area contributed by atoms with Gasteiger partial charge in [-0.25, -0.2) is 0 Å². The van der Waals surface area contributed by atoms with Gasteiger partial charge in [0, 0.05) is 39.3 Å². The van der Waals surface area contributed by atoms with Gasteiger partial charge in [-0.1, -0.05) is 72.8 Å². The Kier molecular flexibility index (Phi) is 6.19. The minimum Gasteiger partial charge on any atom is -0.387 e. The smallest absolute Gasteiger partial charge is 0.0916 e. The number of hydrogen-bond donors (Lipinski definition) is 1. The van der Waals surface area contributed by atoms with Crippen molar-refractivity contribution in [3.63, 3.8) is 0 Å². The highest BCUT2D eigenvalue weighted by Crippen LogP contribution is 2.15. The zero-order valence-electron chi connectivity index (χ0n) is 14.1. The summed E-state index contributed by atoms with van der Waals surface area (Å²) in [4.78, 5) is 4.82. The number of aliphatic hydroxyl groups excluding tert-OH is 1. The molecule has 0 spiro atoms. The molecule has 0 bridgehead atoms. The van der Waals surface area contributed by atoms with Crippen LogP contribution in [0.1, 0.15) is 17.2 Å². The average Bonchev–Trinajstić information content (AvgIpc) is 2.65. The molecule has 2 aromatic rings. The Labute approximate surface area is 144 Å². The average molecular weight is 322 g/mol. The first-order valence-corrected chi connectivity index (χ1v) is 8.70. The van der Waals surface area contributed by atoms with E-state index < -0.39 is 6.10 Å². The summed E-state index contributed by atoms with van der Waals surface area (Å²) in [5.74, 6) is 0. The third-order valence-corrected chi connectivity index (χ3v) is 4.55. The standard InChI is InChI=1S/C21H26N2O/c24-21(20-11-5-2-6-12-20)18-23-16-14-22(15-17-23)13-7-10-19-8-3-1-4-9-19/h1-12,21,24H,13-18H2. The van der Waals surface area contributed by atoms with Crippen molar-refractivity contribution in [2.24, 2.45) is 0 Å². The molecule has 126 valence electrons.